The molecule has 1 heterocycles. The fraction of sp³-hybridized carbons (Fsp3) is 1.00. The van der Waals surface area contributed by atoms with Crippen LogP contribution < -0.4 is 5.32 Å². The Hall–Kier alpha value is -0.130. The lowest BCUT2D eigenvalue weighted by Crippen LogP contribution is -2.57. The van der Waals surface area contributed by atoms with Gasteiger partial charge in [0, 0.05) is 37.5 Å². The van der Waals surface area contributed by atoms with Crippen molar-refractivity contribution in [3.8, 4) is 0 Å². The number of rotatable bonds is 8. The van der Waals surface area contributed by atoms with E-state index < -0.39 is 9.84 Å². The molecule has 2 unspecified atom stereocenters. The van der Waals surface area contributed by atoms with Gasteiger partial charge in [-0.15, -0.1) is 0 Å². The number of hydrogen-bond acceptors (Lipinski definition) is 4. The van der Waals surface area contributed by atoms with E-state index in [1.165, 1.54) is 12.8 Å². The first-order valence-corrected chi connectivity index (χ1v) is 9.88. The normalized spacial score (nSPS) is 25.2. The van der Waals surface area contributed by atoms with Gasteiger partial charge in [0.05, 0.1) is 5.75 Å². The van der Waals surface area contributed by atoms with Crippen molar-refractivity contribution >= 4 is 9.84 Å². The maximum absolute atomic E-state index is 11.7. The molecule has 1 rings (SSSR count). The minimum Gasteiger partial charge on any atom is -0.311 e. The highest BCUT2D eigenvalue weighted by molar-refractivity contribution is 7.91. The number of nitrogens with zero attached hydrogens (tertiary/aromatic N) is 1. The number of piperazine rings is 1. The lowest BCUT2D eigenvalue weighted by atomic mass is 9.98. The first-order valence-electron chi connectivity index (χ1n) is 8.05. The lowest BCUT2D eigenvalue weighted by Gasteiger charge is -2.41. The second kappa shape index (κ2) is 8.35. The van der Waals surface area contributed by atoms with Crippen molar-refractivity contribution in [2.75, 3.05) is 31.1 Å². The van der Waals surface area contributed by atoms with Gasteiger partial charge in [0.2, 0.25) is 0 Å². The highest BCUT2D eigenvalue weighted by atomic mass is 32.2. The number of nitrogens with one attached hydrogen (secondary N) is 1. The first-order chi connectivity index (χ1) is 9.38. The third-order valence-electron chi connectivity index (χ3n) is 4.12. The van der Waals surface area contributed by atoms with Crippen LogP contribution in [0.5, 0.6) is 0 Å². The molecule has 4 nitrogen and oxygen atoms in total. The summed E-state index contributed by atoms with van der Waals surface area (Å²) in [5.41, 5.74) is 0. The van der Waals surface area contributed by atoms with Crippen LogP contribution >= 0.6 is 0 Å². The Bertz CT molecular complexity index is 368. The van der Waals surface area contributed by atoms with Crippen molar-refractivity contribution in [2.24, 2.45) is 5.92 Å². The van der Waals surface area contributed by atoms with Crippen LogP contribution in [0.4, 0.5) is 0 Å². The van der Waals surface area contributed by atoms with Gasteiger partial charge in [-0.2, -0.15) is 0 Å². The largest absolute Gasteiger partial charge is 0.311 e. The van der Waals surface area contributed by atoms with Crippen molar-refractivity contribution < 1.29 is 8.42 Å². The lowest BCUT2D eigenvalue weighted by molar-refractivity contribution is 0.118. The molecule has 0 aromatic carbocycles. The molecule has 0 radical (unpaired) electrons. The molecule has 1 N–H and O–H groups in total. The number of sulfone groups is 1. The molecule has 0 saturated carbocycles. The van der Waals surface area contributed by atoms with Crippen LogP contribution in [0.1, 0.15) is 47.0 Å². The Kier molecular flexibility index (Phi) is 7.48. The summed E-state index contributed by atoms with van der Waals surface area (Å²) >= 11 is 0. The van der Waals surface area contributed by atoms with Gasteiger partial charge in [0.1, 0.15) is 0 Å². The summed E-state index contributed by atoms with van der Waals surface area (Å²) in [5.74, 6) is 1.21. The third kappa shape index (κ3) is 6.10. The average Bonchev–Trinajstić information content (AvgIpc) is 2.38. The van der Waals surface area contributed by atoms with Gasteiger partial charge in [0.15, 0.2) is 9.84 Å². The molecule has 2 atom stereocenters. The molecule has 1 fully saturated rings. The number of hydrogen-bond donors (Lipinski definition) is 1. The van der Waals surface area contributed by atoms with E-state index in [0.29, 0.717) is 30.3 Å². The molecule has 0 aromatic heterocycles. The highest BCUT2D eigenvalue weighted by Gasteiger charge is 2.28. The van der Waals surface area contributed by atoms with Gasteiger partial charge in [-0.05, 0) is 18.8 Å². The summed E-state index contributed by atoms with van der Waals surface area (Å²) in [6.07, 6.45) is 3.48. The predicted octanol–water partition coefficient (Wildman–Crippen LogP) is 1.91. The van der Waals surface area contributed by atoms with Gasteiger partial charge in [-0.25, -0.2) is 8.42 Å². The standard InChI is InChI=1S/C15H32N2O2S/c1-5-7-14-12-17(8-9-20(18,19)6-2)15(11-16-14)10-13(3)4/h13-16H,5-12H2,1-4H3. The minimum absolute atomic E-state index is 0.256. The molecular formula is C15H32N2O2S. The molecule has 5 heteroatoms. The zero-order valence-electron chi connectivity index (χ0n) is 13.6. The fourth-order valence-electron chi connectivity index (χ4n) is 2.92. The van der Waals surface area contributed by atoms with Crippen molar-refractivity contribution in [3.63, 3.8) is 0 Å². The van der Waals surface area contributed by atoms with Gasteiger partial charge >= 0.3 is 0 Å². The molecule has 0 bridgehead atoms. The van der Waals surface area contributed by atoms with E-state index in [2.05, 4.69) is 31.0 Å². The summed E-state index contributed by atoms with van der Waals surface area (Å²) in [4.78, 5) is 2.41. The van der Waals surface area contributed by atoms with Crippen LogP contribution in [0.2, 0.25) is 0 Å². The minimum atomic E-state index is -2.86. The zero-order valence-corrected chi connectivity index (χ0v) is 14.4. The van der Waals surface area contributed by atoms with Gasteiger partial charge in [-0.3, -0.25) is 4.90 Å². The fourth-order valence-corrected chi connectivity index (χ4v) is 3.72. The quantitative estimate of drug-likeness (QED) is 0.744. The Labute approximate surface area is 125 Å². The Morgan fingerprint density at radius 1 is 1.30 bits per heavy atom. The Balaban J connectivity index is 2.61. The monoisotopic (exact) mass is 304 g/mol. The van der Waals surface area contributed by atoms with E-state index in [1.54, 1.807) is 6.92 Å². The topological polar surface area (TPSA) is 49.4 Å². The second-order valence-corrected chi connectivity index (χ2v) is 8.88. The molecule has 1 aliphatic rings. The maximum Gasteiger partial charge on any atom is 0.151 e. The first kappa shape index (κ1) is 17.9. The van der Waals surface area contributed by atoms with Gasteiger partial charge in [0.25, 0.3) is 0 Å². The summed E-state index contributed by atoms with van der Waals surface area (Å²) in [6, 6.07) is 1.00. The molecule has 0 amide bonds. The highest BCUT2D eigenvalue weighted by Crippen LogP contribution is 2.17. The van der Waals surface area contributed by atoms with E-state index in [1.807, 2.05) is 0 Å². The molecule has 0 aliphatic carbocycles. The van der Waals surface area contributed by atoms with Gasteiger partial charge < -0.3 is 5.32 Å². The molecule has 120 valence electrons. The predicted molar refractivity (Wildman–Crippen MR) is 85.8 cm³/mol. The third-order valence-corrected chi connectivity index (χ3v) is 5.81. The van der Waals surface area contributed by atoms with Crippen molar-refractivity contribution in [2.45, 2.75) is 59.0 Å². The van der Waals surface area contributed by atoms with E-state index in [0.717, 1.165) is 19.5 Å². The maximum atomic E-state index is 11.7. The molecular weight excluding hydrogens is 272 g/mol. The summed E-state index contributed by atoms with van der Waals surface area (Å²) < 4.78 is 23.5. The summed E-state index contributed by atoms with van der Waals surface area (Å²) in [6.45, 7) is 11.1. The zero-order chi connectivity index (χ0) is 15.2. The molecule has 1 saturated heterocycles. The van der Waals surface area contributed by atoms with Crippen LogP contribution in [-0.2, 0) is 9.84 Å². The Morgan fingerprint density at radius 3 is 2.55 bits per heavy atom. The SMILES string of the molecule is CCCC1CN(CCS(=O)(=O)CC)C(CC(C)C)CN1. The smallest absolute Gasteiger partial charge is 0.151 e. The second-order valence-electron chi connectivity index (χ2n) is 6.41. The molecule has 0 spiro atoms. The average molecular weight is 305 g/mol. The van der Waals surface area contributed by atoms with Crippen LogP contribution in [-0.4, -0.2) is 56.5 Å². The van der Waals surface area contributed by atoms with Crippen LogP contribution in [0, 0.1) is 5.92 Å². The van der Waals surface area contributed by atoms with Crippen molar-refractivity contribution in [3.05, 3.63) is 0 Å². The van der Waals surface area contributed by atoms with E-state index in [-0.39, 0.29) is 5.75 Å². The van der Waals surface area contributed by atoms with Crippen LogP contribution in [0.15, 0.2) is 0 Å². The molecule has 0 aromatic rings. The van der Waals surface area contributed by atoms with E-state index >= 15 is 0 Å². The van der Waals surface area contributed by atoms with Crippen LogP contribution in [0.25, 0.3) is 0 Å². The van der Waals surface area contributed by atoms with Crippen molar-refractivity contribution in [1.29, 1.82) is 0 Å². The van der Waals surface area contributed by atoms with Crippen LogP contribution in [0.3, 0.4) is 0 Å². The van der Waals surface area contributed by atoms with Gasteiger partial charge in [-0.1, -0.05) is 34.1 Å². The summed E-state index contributed by atoms with van der Waals surface area (Å²) in [7, 11) is -2.86. The van der Waals surface area contributed by atoms with E-state index in [4.69, 9.17) is 0 Å². The Morgan fingerprint density at radius 2 is 2.00 bits per heavy atom. The molecule has 1 aliphatic heterocycles. The summed E-state index contributed by atoms with van der Waals surface area (Å²) in [5, 5.41) is 3.63. The van der Waals surface area contributed by atoms with Crippen molar-refractivity contribution in [1.82, 2.24) is 10.2 Å². The van der Waals surface area contributed by atoms with E-state index in [9.17, 15) is 8.42 Å². The molecule has 20 heavy (non-hydrogen) atoms.